The van der Waals surface area contributed by atoms with Crippen molar-refractivity contribution < 1.29 is 24.6 Å². The van der Waals surface area contributed by atoms with E-state index >= 15 is 0 Å². The Balaban J connectivity index is 0.000000611. The quantitative estimate of drug-likeness (QED) is 0.205. The van der Waals surface area contributed by atoms with Crippen molar-refractivity contribution in [2.45, 2.75) is 32.2 Å². The molecule has 202 valence electrons. The monoisotopic (exact) mass is 539 g/mol. The van der Waals surface area contributed by atoms with Crippen LogP contribution in [0.25, 0.3) is 26.4 Å². The molecular formula is C27H33N5O5S. The summed E-state index contributed by atoms with van der Waals surface area (Å²) in [6.45, 7) is 4.22. The number of nitrogens with two attached hydrogens (primary N) is 1. The predicted octanol–water partition coefficient (Wildman–Crippen LogP) is 3.68. The first kappa shape index (κ1) is 28.8. The molecule has 1 aliphatic rings. The van der Waals surface area contributed by atoms with Gasteiger partial charge in [0.2, 0.25) is 0 Å². The minimum atomic E-state index is -0.250. The SMILES string of the molecule is NCc1ccc(-c2cn3c(n2)sc2cc(C(=O)NCCCN4CCCCC4)ccc23)cc1.O=CO.O=CO. The average molecular weight is 540 g/mol. The lowest BCUT2D eigenvalue weighted by Gasteiger charge is -2.26. The number of aromatic nitrogens is 2. The molecule has 10 nitrogen and oxygen atoms in total. The lowest BCUT2D eigenvalue weighted by molar-refractivity contribution is -0.123. The highest BCUT2D eigenvalue weighted by atomic mass is 32.1. The number of carboxylic acid groups (broad SMARTS) is 2. The van der Waals surface area contributed by atoms with Gasteiger partial charge in [0.15, 0.2) is 4.96 Å². The van der Waals surface area contributed by atoms with Crippen LogP contribution in [-0.2, 0) is 16.1 Å². The van der Waals surface area contributed by atoms with Crippen LogP contribution in [0.15, 0.2) is 48.7 Å². The van der Waals surface area contributed by atoms with Gasteiger partial charge >= 0.3 is 0 Å². The third-order valence-electron chi connectivity index (χ3n) is 6.23. The van der Waals surface area contributed by atoms with Gasteiger partial charge in [-0.1, -0.05) is 42.0 Å². The van der Waals surface area contributed by atoms with E-state index in [-0.39, 0.29) is 18.9 Å². The third-order valence-corrected chi connectivity index (χ3v) is 7.24. The Labute approximate surface area is 224 Å². The molecule has 1 fully saturated rings. The smallest absolute Gasteiger partial charge is 0.290 e. The van der Waals surface area contributed by atoms with Crippen LogP contribution in [0.4, 0.5) is 0 Å². The molecule has 0 spiro atoms. The van der Waals surface area contributed by atoms with Gasteiger partial charge in [0.05, 0.1) is 15.9 Å². The molecule has 4 aromatic rings. The number of nitrogens with one attached hydrogen (secondary N) is 1. The number of likely N-dealkylation sites (tertiary alicyclic amines) is 1. The number of fused-ring (bicyclic) bond motifs is 3. The number of carbonyl (C=O) groups excluding carboxylic acids is 1. The number of amides is 1. The first-order valence-corrected chi connectivity index (χ1v) is 13.2. The number of piperidine rings is 1. The zero-order valence-electron chi connectivity index (χ0n) is 21.1. The minimum Gasteiger partial charge on any atom is -0.483 e. The summed E-state index contributed by atoms with van der Waals surface area (Å²) in [4.78, 5) is 37.6. The predicted molar refractivity (Wildman–Crippen MR) is 149 cm³/mol. The fourth-order valence-corrected chi connectivity index (χ4v) is 5.43. The maximum Gasteiger partial charge on any atom is 0.290 e. The fraction of sp³-hybridized carbons (Fsp3) is 0.333. The van der Waals surface area contributed by atoms with Crippen LogP contribution in [0.5, 0.6) is 0 Å². The van der Waals surface area contributed by atoms with Crippen LogP contribution >= 0.6 is 11.3 Å². The second-order valence-electron chi connectivity index (χ2n) is 8.69. The Morgan fingerprint density at radius 1 is 1.05 bits per heavy atom. The van der Waals surface area contributed by atoms with E-state index in [1.165, 1.54) is 32.4 Å². The number of nitrogens with zero attached hydrogens (tertiary/aromatic N) is 3. The van der Waals surface area contributed by atoms with Crippen LogP contribution in [0.2, 0.25) is 0 Å². The van der Waals surface area contributed by atoms with Crippen molar-refractivity contribution in [3.05, 3.63) is 59.8 Å². The summed E-state index contributed by atoms with van der Waals surface area (Å²) in [5, 5.41) is 16.9. The highest BCUT2D eigenvalue weighted by molar-refractivity contribution is 7.23. The van der Waals surface area contributed by atoms with Gasteiger partial charge in [0.25, 0.3) is 18.9 Å². The van der Waals surface area contributed by atoms with E-state index in [9.17, 15) is 4.79 Å². The Hall–Kier alpha value is -3.80. The molecule has 3 heterocycles. The lowest BCUT2D eigenvalue weighted by atomic mass is 10.1. The van der Waals surface area contributed by atoms with Crippen LogP contribution in [0.1, 0.15) is 41.6 Å². The van der Waals surface area contributed by atoms with E-state index in [0.717, 1.165) is 45.0 Å². The number of benzene rings is 2. The molecule has 0 unspecified atom stereocenters. The van der Waals surface area contributed by atoms with Crippen molar-refractivity contribution in [2.24, 2.45) is 5.73 Å². The summed E-state index contributed by atoms with van der Waals surface area (Å²) in [6, 6.07) is 14.1. The summed E-state index contributed by atoms with van der Waals surface area (Å²) in [6.07, 6.45) is 7.02. The molecule has 1 saturated heterocycles. The average Bonchev–Trinajstić information content (AvgIpc) is 3.50. The van der Waals surface area contributed by atoms with Crippen molar-refractivity contribution in [3.8, 4) is 11.3 Å². The number of hydrogen-bond donors (Lipinski definition) is 4. The van der Waals surface area contributed by atoms with E-state index in [0.29, 0.717) is 18.7 Å². The normalized spacial score (nSPS) is 13.2. The van der Waals surface area contributed by atoms with Crippen LogP contribution in [0.3, 0.4) is 0 Å². The number of carbonyl (C=O) groups is 3. The van der Waals surface area contributed by atoms with Crippen molar-refractivity contribution >= 4 is 45.4 Å². The fourth-order valence-electron chi connectivity index (χ4n) is 4.38. The van der Waals surface area contributed by atoms with Gasteiger partial charge in [-0.3, -0.25) is 18.8 Å². The number of imidazole rings is 1. The van der Waals surface area contributed by atoms with E-state index in [4.69, 9.17) is 30.5 Å². The van der Waals surface area contributed by atoms with Gasteiger partial charge in [-0.15, -0.1) is 0 Å². The highest BCUT2D eigenvalue weighted by Gasteiger charge is 2.14. The Morgan fingerprint density at radius 3 is 2.39 bits per heavy atom. The van der Waals surface area contributed by atoms with Crippen molar-refractivity contribution in [1.82, 2.24) is 19.6 Å². The maximum atomic E-state index is 12.6. The second kappa shape index (κ2) is 14.8. The highest BCUT2D eigenvalue weighted by Crippen LogP contribution is 2.30. The number of rotatable bonds is 7. The van der Waals surface area contributed by atoms with Crippen LogP contribution in [0, 0.1) is 0 Å². The summed E-state index contributed by atoms with van der Waals surface area (Å²) in [5.41, 5.74) is 10.6. The van der Waals surface area contributed by atoms with Crippen molar-refractivity contribution in [1.29, 1.82) is 0 Å². The summed E-state index contributed by atoms with van der Waals surface area (Å²) >= 11 is 1.61. The van der Waals surface area contributed by atoms with E-state index in [1.54, 1.807) is 11.3 Å². The maximum absolute atomic E-state index is 12.6. The molecular weight excluding hydrogens is 506 g/mol. The Bertz CT molecular complexity index is 1320. The van der Waals surface area contributed by atoms with Crippen molar-refractivity contribution in [2.75, 3.05) is 26.2 Å². The molecule has 38 heavy (non-hydrogen) atoms. The third kappa shape index (κ3) is 7.60. The topological polar surface area (TPSA) is 150 Å². The molecule has 0 aliphatic carbocycles. The van der Waals surface area contributed by atoms with E-state index in [2.05, 4.69) is 32.9 Å². The molecule has 2 aromatic carbocycles. The lowest BCUT2D eigenvalue weighted by Crippen LogP contribution is -2.33. The molecule has 0 radical (unpaired) electrons. The molecule has 1 amide bonds. The van der Waals surface area contributed by atoms with Gasteiger partial charge < -0.3 is 26.2 Å². The first-order chi connectivity index (χ1) is 18.5. The standard InChI is InChI=1S/C25H29N5OS.2CH2O2/c26-16-18-5-7-19(8-6-18)21-17-30-22-10-9-20(15-23(22)32-25(30)28-21)24(31)27-11-4-14-29-12-2-1-3-13-29;2*2-1-3/h5-10,15,17H,1-4,11-14,16,26H2,(H,27,31);2*1H,(H,2,3). The van der Waals surface area contributed by atoms with Crippen molar-refractivity contribution in [3.63, 3.8) is 0 Å². The molecule has 11 heteroatoms. The van der Waals surface area contributed by atoms with E-state index in [1.807, 2.05) is 30.3 Å². The van der Waals surface area contributed by atoms with Gasteiger partial charge in [-0.25, -0.2) is 4.98 Å². The molecule has 0 saturated carbocycles. The van der Waals surface area contributed by atoms with E-state index < -0.39 is 0 Å². The second-order valence-corrected chi connectivity index (χ2v) is 9.70. The molecule has 0 atom stereocenters. The zero-order valence-corrected chi connectivity index (χ0v) is 21.9. The molecule has 5 N–H and O–H groups in total. The Kier molecular flexibility index (Phi) is 11.2. The molecule has 0 bridgehead atoms. The summed E-state index contributed by atoms with van der Waals surface area (Å²) in [7, 11) is 0. The molecule has 5 rings (SSSR count). The largest absolute Gasteiger partial charge is 0.483 e. The summed E-state index contributed by atoms with van der Waals surface area (Å²) in [5.74, 6) is -0.00253. The van der Waals surface area contributed by atoms with Crippen LogP contribution in [-0.4, -0.2) is 69.5 Å². The first-order valence-electron chi connectivity index (χ1n) is 12.4. The molecule has 2 aromatic heterocycles. The number of thiazole rings is 1. The molecule has 1 aliphatic heterocycles. The van der Waals surface area contributed by atoms with Gasteiger partial charge in [0.1, 0.15) is 0 Å². The number of hydrogen-bond acceptors (Lipinski definition) is 7. The van der Waals surface area contributed by atoms with Gasteiger partial charge in [-0.05, 0) is 62.7 Å². The van der Waals surface area contributed by atoms with Crippen LogP contribution < -0.4 is 11.1 Å². The minimum absolute atomic E-state index is 0.00253. The summed E-state index contributed by atoms with van der Waals surface area (Å²) < 4.78 is 3.17. The Morgan fingerprint density at radius 2 is 1.74 bits per heavy atom. The zero-order chi connectivity index (χ0) is 27.3. The van der Waals surface area contributed by atoms with Gasteiger partial charge in [0, 0.05) is 30.4 Å². The van der Waals surface area contributed by atoms with Gasteiger partial charge in [-0.2, -0.15) is 0 Å².